The molecule has 0 fully saturated rings. The molecule has 84 valence electrons. The highest BCUT2D eigenvalue weighted by Gasteiger charge is 2.11. The molecule has 15 heavy (non-hydrogen) atoms. The van der Waals surface area contributed by atoms with Crippen LogP contribution in [-0.4, -0.2) is 27.3 Å². The zero-order valence-corrected chi connectivity index (χ0v) is 9.67. The number of nitrogens with one attached hydrogen (secondary N) is 1. The first-order valence-corrected chi connectivity index (χ1v) is 5.76. The molecule has 1 rings (SSSR count). The van der Waals surface area contributed by atoms with Gasteiger partial charge in [-0.2, -0.15) is 0 Å². The molecule has 0 aliphatic heterocycles. The van der Waals surface area contributed by atoms with E-state index in [2.05, 4.69) is 22.4 Å². The van der Waals surface area contributed by atoms with Crippen molar-refractivity contribution in [1.29, 1.82) is 0 Å². The fourth-order valence-electron chi connectivity index (χ4n) is 0.943. The summed E-state index contributed by atoms with van der Waals surface area (Å²) in [6.07, 6.45) is 2.04. The van der Waals surface area contributed by atoms with Crippen LogP contribution in [0.4, 0.5) is 5.13 Å². The summed E-state index contributed by atoms with van der Waals surface area (Å²) in [5.41, 5.74) is 0. The van der Waals surface area contributed by atoms with Gasteiger partial charge in [-0.3, -0.25) is 10.1 Å². The van der Waals surface area contributed by atoms with Crippen molar-refractivity contribution in [3.05, 3.63) is 5.01 Å². The molecule has 1 aromatic rings. The van der Waals surface area contributed by atoms with Crippen molar-refractivity contribution < 1.29 is 9.90 Å². The molecule has 0 aliphatic rings. The highest BCUT2D eigenvalue weighted by Crippen LogP contribution is 2.17. The lowest BCUT2D eigenvalue weighted by atomic mass is 10.3. The topological polar surface area (TPSA) is 75.1 Å². The number of carbonyl (C=O) groups is 1. The number of aliphatic hydroxyl groups excluding tert-OH is 1. The molecule has 0 saturated heterocycles. The summed E-state index contributed by atoms with van der Waals surface area (Å²) in [5.74, 6) is -0.451. The molecule has 0 saturated carbocycles. The first-order chi connectivity index (χ1) is 7.13. The summed E-state index contributed by atoms with van der Waals surface area (Å²) < 4.78 is 0. The third-order valence-corrected chi connectivity index (χ3v) is 2.72. The Kier molecular flexibility index (Phi) is 4.64. The maximum absolute atomic E-state index is 11.1. The van der Waals surface area contributed by atoms with Gasteiger partial charge in [-0.1, -0.05) is 24.7 Å². The van der Waals surface area contributed by atoms with Crippen molar-refractivity contribution >= 4 is 22.4 Å². The lowest BCUT2D eigenvalue weighted by Crippen LogP contribution is -2.24. The second-order valence-corrected chi connectivity index (χ2v) is 4.33. The minimum atomic E-state index is -1.02. The van der Waals surface area contributed by atoms with E-state index in [4.69, 9.17) is 5.11 Å². The van der Waals surface area contributed by atoms with Crippen LogP contribution in [0.2, 0.25) is 0 Å². The van der Waals surface area contributed by atoms with Gasteiger partial charge in [-0.05, 0) is 13.3 Å². The quantitative estimate of drug-likeness (QED) is 0.795. The van der Waals surface area contributed by atoms with E-state index >= 15 is 0 Å². The van der Waals surface area contributed by atoms with Crippen LogP contribution in [0, 0.1) is 0 Å². The third-order valence-electron chi connectivity index (χ3n) is 1.82. The van der Waals surface area contributed by atoms with Crippen LogP contribution in [0.1, 0.15) is 31.7 Å². The van der Waals surface area contributed by atoms with Crippen LogP contribution in [0.25, 0.3) is 0 Å². The number of hydrogen-bond donors (Lipinski definition) is 2. The van der Waals surface area contributed by atoms with Gasteiger partial charge in [0.15, 0.2) is 0 Å². The summed E-state index contributed by atoms with van der Waals surface area (Å²) in [6.45, 7) is 3.52. The van der Waals surface area contributed by atoms with Crippen molar-refractivity contribution in [1.82, 2.24) is 10.2 Å². The summed E-state index contributed by atoms with van der Waals surface area (Å²) in [5, 5.41) is 20.6. The molecule has 0 aromatic carbocycles. The molecule has 2 N–H and O–H groups in total. The molecule has 6 heteroatoms. The smallest absolute Gasteiger partial charge is 0.254 e. The lowest BCUT2D eigenvalue weighted by molar-refractivity contribution is -0.123. The Morgan fingerprint density at radius 1 is 1.60 bits per heavy atom. The number of unbranched alkanes of at least 4 members (excludes halogenated alkanes) is 1. The Morgan fingerprint density at radius 2 is 2.33 bits per heavy atom. The third kappa shape index (κ3) is 3.93. The molecule has 0 radical (unpaired) electrons. The van der Waals surface area contributed by atoms with E-state index in [0.29, 0.717) is 5.13 Å². The molecular formula is C9H15N3O2S. The predicted octanol–water partition coefficient (Wildman–Crippen LogP) is 1.20. The van der Waals surface area contributed by atoms with Gasteiger partial charge in [0.05, 0.1) is 0 Å². The second-order valence-electron chi connectivity index (χ2n) is 3.27. The fourth-order valence-corrected chi connectivity index (χ4v) is 1.73. The molecule has 1 aromatic heterocycles. The number of anilines is 1. The first kappa shape index (κ1) is 12.1. The summed E-state index contributed by atoms with van der Waals surface area (Å²) in [7, 11) is 0. The summed E-state index contributed by atoms with van der Waals surface area (Å²) >= 11 is 1.35. The van der Waals surface area contributed by atoms with Crippen LogP contribution in [-0.2, 0) is 11.2 Å². The van der Waals surface area contributed by atoms with E-state index in [9.17, 15) is 4.79 Å². The van der Waals surface area contributed by atoms with Gasteiger partial charge in [0, 0.05) is 6.42 Å². The van der Waals surface area contributed by atoms with Crippen molar-refractivity contribution in [2.45, 2.75) is 39.2 Å². The van der Waals surface area contributed by atoms with Gasteiger partial charge in [-0.15, -0.1) is 10.2 Å². The minimum Gasteiger partial charge on any atom is -0.384 e. The van der Waals surface area contributed by atoms with Gasteiger partial charge >= 0.3 is 0 Å². The molecule has 0 spiro atoms. The number of amides is 1. The number of nitrogens with zero attached hydrogens (tertiary/aromatic N) is 2. The second kappa shape index (κ2) is 5.77. The Labute approximate surface area is 92.5 Å². The maximum Gasteiger partial charge on any atom is 0.254 e. The minimum absolute atomic E-state index is 0.451. The van der Waals surface area contributed by atoms with E-state index < -0.39 is 12.0 Å². The number of aromatic nitrogens is 2. The number of aliphatic hydroxyl groups is 1. The molecule has 0 bridgehead atoms. The van der Waals surface area contributed by atoms with Crippen LogP contribution in [0.5, 0.6) is 0 Å². The number of rotatable bonds is 5. The Hall–Kier alpha value is -1.01. The Bertz CT molecular complexity index is 325. The van der Waals surface area contributed by atoms with Crippen LogP contribution in [0.15, 0.2) is 0 Å². The fraction of sp³-hybridized carbons (Fsp3) is 0.667. The van der Waals surface area contributed by atoms with Gasteiger partial charge in [-0.25, -0.2) is 0 Å². The highest BCUT2D eigenvalue weighted by molar-refractivity contribution is 7.15. The molecular weight excluding hydrogens is 214 g/mol. The highest BCUT2D eigenvalue weighted by atomic mass is 32.1. The van der Waals surface area contributed by atoms with Crippen molar-refractivity contribution in [3.8, 4) is 0 Å². The molecule has 1 amide bonds. The standard InChI is InChI=1S/C9H15N3O2S/c1-3-4-5-7-11-12-9(15-7)10-8(14)6(2)13/h6,13H,3-5H2,1-2H3,(H,10,12,14). The van der Waals surface area contributed by atoms with E-state index in [1.54, 1.807) is 0 Å². The van der Waals surface area contributed by atoms with E-state index in [0.717, 1.165) is 24.3 Å². The number of carbonyl (C=O) groups excluding carboxylic acids is 1. The Balaban J connectivity index is 2.49. The monoisotopic (exact) mass is 229 g/mol. The largest absolute Gasteiger partial charge is 0.384 e. The molecule has 0 aliphatic carbocycles. The SMILES string of the molecule is CCCCc1nnc(NC(=O)C(C)O)s1. The van der Waals surface area contributed by atoms with Crippen molar-refractivity contribution in [2.75, 3.05) is 5.32 Å². The predicted molar refractivity (Wildman–Crippen MR) is 58.8 cm³/mol. The van der Waals surface area contributed by atoms with E-state index in [1.165, 1.54) is 18.3 Å². The lowest BCUT2D eigenvalue weighted by Gasteiger charge is -2.01. The van der Waals surface area contributed by atoms with Gasteiger partial charge < -0.3 is 5.11 Å². The normalized spacial score (nSPS) is 12.5. The number of hydrogen-bond acceptors (Lipinski definition) is 5. The van der Waals surface area contributed by atoms with Crippen LogP contribution in [0.3, 0.4) is 0 Å². The summed E-state index contributed by atoms with van der Waals surface area (Å²) in [6, 6.07) is 0. The molecule has 5 nitrogen and oxygen atoms in total. The van der Waals surface area contributed by atoms with Crippen molar-refractivity contribution in [3.63, 3.8) is 0 Å². The zero-order chi connectivity index (χ0) is 11.3. The maximum atomic E-state index is 11.1. The van der Waals surface area contributed by atoms with E-state index in [1.807, 2.05) is 0 Å². The molecule has 1 atom stereocenters. The van der Waals surface area contributed by atoms with Gasteiger partial charge in [0.1, 0.15) is 11.1 Å². The molecule has 1 heterocycles. The van der Waals surface area contributed by atoms with Crippen LogP contribution >= 0.6 is 11.3 Å². The first-order valence-electron chi connectivity index (χ1n) is 4.94. The van der Waals surface area contributed by atoms with E-state index in [-0.39, 0.29) is 0 Å². The summed E-state index contributed by atoms with van der Waals surface area (Å²) in [4.78, 5) is 11.1. The molecule has 1 unspecified atom stereocenters. The zero-order valence-electron chi connectivity index (χ0n) is 8.86. The average molecular weight is 229 g/mol. The Morgan fingerprint density at radius 3 is 2.93 bits per heavy atom. The number of aryl methyl sites for hydroxylation is 1. The van der Waals surface area contributed by atoms with Crippen LogP contribution < -0.4 is 5.32 Å². The average Bonchev–Trinajstić information content (AvgIpc) is 2.62. The van der Waals surface area contributed by atoms with Gasteiger partial charge in [0.2, 0.25) is 5.13 Å². The van der Waals surface area contributed by atoms with Crippen molar-refractivity contribution in [2.24, 2.45) is 0 Å². The van der Waals surface area contributed by atoms with Gasteiger partial charge in [0.25, 0.3) is 5.91 Å².